The first-order valence-corrected chi connectivity index (χ1v) is 6.74. The molecule has 0 bridgehead atoms. The summed E-state index contributed by atoms with van der Waals surface area (Å²) in [4.78, 5) is 26.5. The largest absolute Gasteiger partial charge is 0.481 e. The van der Waals surface area contributed by atoms with E-state index in [1.54, 1.807) is 0 Å². The first kappa shape index (κ1) is 15.0. The summed E-state index contributed by atoms with van der Waals surface area (Å²) < 4.78 is 0. The van der Waals surface area contributed by atoms with Crippen LogP contribution in [0.5, 0.6) is 0 Å². The van der Waals surface area contributed by atoms with Crippen LogP contribution >= 0.6 is 0 Å². The van der Waals surface area contributed by atoms with E-state index >= 15 is 0 Å². The Morgan fingerprint density at radius 2 is 1.61 bits per heavy atom. The van der Waals surface area contributed by atoms with Crippen LogP contribution < -0.4 is 0 Å². The van der Waals surface area contributed by atoms with E-state index in [2.05, 4.69) is 18.7 Å². The van der Waals surface area contributed by atoms with Gasteiger partial charge in [0.25, 0.3) is 0 Å². The fourth-order valence-corrected chi connectivity index (χ4v) is 2.20. The molecule has 1 fully saturated rings. The van der Waals surface area contributed by atoms with Crippen molar-refractivity contribution in [1.82, 2.24) is 9.80 Å². The molecule has 0 aromatic carbocycles. The molecule has 0 aromatic rings. The van der Waals surface area contributed by atoms with Gasteiger partial charge in [0.05, 0.1) is 0 Å². The van der Waals surface area contributed by atoms with Crippen molar-refractivity contribution in [2.24, 2.45) is 0 Å². The van der Waals surface area contributed by atoms with Gasteiger partial charge >= 0.3 is 5.97 Å². The third kappa shape index (κ3) is 5.04. The molecular formula is C13H24N2O3. The highest BCUT2D eigenvalue weighted by molar-refractivity contribution is 5.76. The van der Waals surface area contributed by atoms with E-state index in [0.717, 1.165) is 26.2 Å². The minimum atomic E-state index is -0.784. The highest BCUT2D eigenvalue weighted by atomic mass is 16.4. The summed E-state index contributed by atoms with van der Waals surface area (Å²) in [6.45, 7) is 7.83. The van der Waals surface area contributed by atoms with Crippen molar-refractivity contribution in [2.75, 3.05) is 26.2 Å². The maximum Gasteiger partial charge on any atom is 0.303 e. The van der Waals surface area contributed by atoms with Gasteiger partial charge < -0.3 is 10.0 Å². The molecule has 1 amide bonds. The van der Waals surface area contributed by atoms with Crippen LogP contribution in [0.25, 0.3) is 0 Å². The highest BCUT2D eigenvalue weighted by Gasteiger charge is 2.21. The Morgan fingerprint density at radius 1 is 1.06 bits per heavy atom. The standard InChI is InChI=1S/C13H24N2O3/c1-11(2)14-7-9-15(10-8-14)12(16)5-3-4-6-13(17)18/h11H,3-10H2,1-2H3,(H,17,18). The first-order valence-electron chi connectivity index (χ1n) is 6.74. The molecule has 0 radical (unpaired) electrons. The number of unbranched alkanes of at least 4 members (excludes halogenated alkanes) is 1. The Hall–Kier alpha value is -1.10. The van der Waals surface area contributed by atoms with E-state index in [0.29, 0.717) is 25.3 Å². The molecule has 18 heavy (non-hydrogen) atoms. The minimum absolute atomic E-state index is 0.161. The molecule has 1 rings (SSSR count). The summed E-state index contributed by atoms with van der Waals surface area (Å²) in [5.74, 6) is -0.614. The summed E-state index contributed by atoms with van der Waals surface area (Å²) in [7, 11) is 0. The lowest BCUT2D eigenvalue weighted by Crippen LogP contribution is -2.50. The van der Waals surface area contributed by atoms with Gasteiger partial charge in [0.15, 0.2) is 0 Å². The summed E-state index contributed by atoms with van der Waals surface area (Å²) in [6, 6.07) is 0.540. The van der Waals surface area contributed by atoms with Crippen LogP contribution in [0.15, 0.2) is 0 Å². The van der Waals surface area contributed by atoms with Crippen LogP contribution in [0.3, 0.4) is 0 Å². The van der Waals surface area contributed by atoms with Crippen molar-refractivity contribution < 1.29 is 14.7 Å². The molecule has 5 nitrogen and oxygen atoms in total. The Balaban J connectivity index is 2.18. The first-order chi connectivity index (χ1) is 8.50. The lowest BCUT2D eigenvalue weighted by molar-refractivity contribution is -0.138. The molecule has 0 saturated carbocycles. The molecule has 1 saturated heterocycles. The van der Waals surface area contributed by atoms with Crippen molar-refractivity contribution in [1.29, 1.82) is 0 Å². The molecule has 0 unspecified atom stereocenters. The molecule has 5 heteroatoms. The van der Waals surface area contributed by atoms with E-state index in [1.807, 2.05) is 4.90 Å². The van der Waals surface area contributed by atoms with Gasteiger partial charge in [-0.05, 0) is 26.7 Å². The van der Waals surface area contributed by atoms with Gasteiger partial charge in [0, 0.05) is 45.1 Å². The van der Waals surface area contributed by atoms with Crippen molar-refractivity contribution in [3.8, 4) is 0 Å². The minimum Gasteiger partial charge on any atom is -0.481 e. The molecule has 1 aliphatic heterocycles. The zero-order chi connectivity index (χ0) is 13.5. The molecule has 0 aromatic heterocycles. The zero-order valence-electron chi connectivity index (χ0n) is 11.4. The normalized spacial score (nSPS) is 17.2. The number of amides is 1. The second-order valence-corrected chi connectivity index (χ2v) is 5.11. The molecule has 0 spiro atoms. The number of aliphatic carboxylic acids is 1. The molecule has 104 valence electrons. The lowest BCUT2D eigenvalue weighted by Gasteiger charge is -2.37. The van der Waals surface area contributed by atoms with Crippen LogP contribution in [-0.4, -0.2) is 59.0 Å². The van der Waals surface area contributed by atoms with E-state index in [-0.39, 0.29) is 12.3 Å². The Labute approximate surface area is 109 Å². The molecule has 0 atom stereocenters. The van der Waals surface area contributed by atoms with Crippen LogP contribution in [0.2, 0.25) is 0 Å². The molecule has 1 aliphatic rings. The van der Waals surface area contributed by atoms with Gasteiger partial charge in [-0.2, -0.15) is 0 Å². The summed E-state index contributed by atoms with van der Waals surface area (Å²) in [5.41, 5.74) is 0. The maximum absolute atomic E-state index is 11.9. The van der Waals surface area contributed by atoms with Gasteiger partial charge in [-0.3, -0.25) is 14.5 Å². The number of carboxylic acid groups (broad SMARTS) is 1. The highest BCUT2D eigenvalue weighted by Crippen LogP contribution is 2.09. The fourth-order valence-electron chi connectivity index (χ4n) is 2.20. The fraction of sp³-hybridized carbons (Fsp3) is 0.846. The predicted molar refractivity (Wildman–Crippen MR) is 69.4 cm³/mol. The number of hydrogen-bond acceptors (Lipinski definition) is 3. The summed E-state index contributed by atoms with van der Waals surface area (Å²) in [6.07, 6.45) is 1.91. The number of nitrogens with zero attached hydrogens (tertiary/aromatic N) is 2. The van der Waals surface area contributed by atoms with Crippen molar-refractivity contribution in [3.05, 3.63) is 0 Å². The van der Waals surface area contributed by atoms with E-state index in [1.165, 1.54) is 0 Å². The third-order valence-corrected chi connectivity index (χ3v) is 3.43. The van der Waals surface area contributed by atoms with Gasteiger partial charge in [-0.15, -0.1) is 0 Å². The van der Waals surface area contributed by atoms with E-state index < -0.39 is 5.97 Å². The molecular weight excluding hydrogens is 232 g/mol. The quantitative estimate of drug-likeness (QED) is 0.725. The Bertz CT molecular complexity index is 284. The van der Waals surface area contributed by atoms with Crippen molar-refractivity contribution >= 4 is 11.9 Å². The maximum atomic E-state index is 11.9. The number of piperazine rings is 1. The number of rotatable bonds is 6. The second kappa shape index (κ2) is 7.36. The lowest BCUT2D eigenvalue weighted by atomic mass is 10.1. The van der Waals surface area contributed by atoms with Gasteiger partial charge in [0.2, 0.25) is 5.91 Å². The molecule has 1 heterocycles. The number of carbonyl (C=O) groups is 2. The van der Waals surface area contributed by atoms with Crippen molar-refractivity contribution in [2.45, 2.75) is 45.6 Å². The summed E-state index contributed by atoms with van der Waals surface area (Å²) >= 11 is 0. The average molecular weight is 256 g/mol. The smallest absolute Gasteiger partial charge is 0.303 e. The van der Waals surface area contributed by atoms with Gasteiger partial charge in [-0.25, -0.2) is 0 Å². The van der Waals surface area contributed by atoms with E-state index in [9.17, 15) is 9.59 Å². The van der Waals surface area contributed by atoms with Gasteiger partial charge in [0.1, 0.15) is 0 Å². The Kier molecular flexibility index (Phi) is 6.12. The van der Waals surface area contributed by atoms with Crippen LogP contribution in [-0.2, 0) is 9.59 Å². The second-order valence-electron chi connectivity index (χ2n) is 5.11. The van der Waals surface area contributed by atoms with Gasteiger partial charge in [-0.1, -0.05) is 0 Å². The monoisotopic (exact) mass is 256 g/mol. The zero-order valence-corrected chi connectivity index (χ0v) is 11.4. The Morgan fingerprint density at radius 3 is 2.11 bits per heavy atom. The molecule has 0 aliphatic carbocycles. The summed E-state index contributed by atoms with van der Waals surface area (Å²) in [5, 5.41) is 8.51. The molecule has 1 N–H and O–H groups in total. The SMILES string of the molecule is CC(C)N1CCN(C(=O)CCCCC(=O)O)CC1. The third-order valence-electron chi connectivity index (χ3n) is 3.43. The topological polar surface area (TPSA) is 60.9 Å². The van der Waals surface area contributed by atoms with Crippen LogP contribution in [0, 0.1) is 0 Å². The number of hydrogen-bond donors (Lipinski definition) is 1. The predicted octanol–water partition coefficient (Wildman–Crippen LogP) is 1.18. The van der Waals surface area contributed by atoms with E-state index in [4.69, 9.17) is 5.11 Å². The van der Waals surface area contributed by atoms with Crippen LogP contribution in [0.1, 0.15) is 39.5 Å². The number of carbonyl (C=O) groups excluding carboxylic acids is 1. The van der Waals surface area contributed by atoms with Crippen LogP contribution in [0.4, 0.5) is 0 Å². The number of carboxylic acids is 1. The van der Waals surface area contributed by atoms with Crippen molar-refractivity contribution in [3.63, 3.8) is 0 Å². The average Bonchev–Trinajstić information content (AvgIpc) is 2.34.